The van der Waals surface area contributed by atoms with Crippen molar-refractivity contribution < 1.29 is 27.4 Å². The molecular formula is C17H17FN2O5S. The van der Waals surface area contributed by atoms with Crippen LogP contribution in [0.15, 0.2) is 47.4 Å². The Hall–Kier alpha value is -2.65. The van der Waals surface area contributed by atoms with E-state index in [1.165, 1.54) is 30.3 Å². The van der Waals surface area contributed by atoms with E-state index in [4.69, 9.17) is 9.84 Å². The number of carboxylic acids is 1. The lowest BCUT2D eigenvalue weighted by Gasteiger charge is -2.29. The van der Waals surface area contributed by atoms with Gasteiger partial charge in [0.1, 0.15) is 5.82 Å². The fraction of sp³-hybridized carbons (Fsp3) is 0.235. The third-order valence-corrected chi connectivity index (χ3v) is 5.28. The van der Waals surface area contributed by atoms with Crippen LogP contribution in [0.3, 0.4) is 0 Å². The summed E-state index contributed by atoms with van der Waals surface area (Å²) in [6, 6.07) is 8.89. The molecule has 0 spiro atoms. The molecule has 138 valence electrons. The maximum absolute atomic E-state index is 14.0. The van der Waals surface area contributed by atoms with Crippen LogP contribution in [-0.4, -0.2) is 45.8 Å². The molecule has 0 amide bonds. The number of halogens is 1. The van der Waals surface area contributed by atoms with Crippen LogP contribution in [0, 0.1) is 5.82 Å². The van der Waals surface area contributed by atoms with Crippen molar-refractivity contribution in [3.63, 3.8) is 0 Å². The summed E-state index contributed by atoms with van der Waals surface area (Å²) >= 11 is 0. The Morgan fingerprint density at radius 2 is 1.88 bits per heavy atom. The number of anilines is 2. The van der Waals surface area contributed by atoms with Gasteiger partial charge in [-0.3, -0.25) is 4.72 Å². The minimum Gasteiger partial charge on any atom is -0.478 e. The molecule has 3 rings (SSSR count). The quantitative estimate of drug-likeness (QED) is 0.825. The molecule has 0 atom stereocenters. The summed E-state index contributed by atoms with van der Waals surface area (Å²) in [5.41, 5.74) is 0.457. The van der Waals surface area contributed by atoms with Crippen molar-refractivity contribution in [3.8, 4) is 0 Å². The zero-order chi connectivity index (χ0) is 18.7. The Morgan fingerprint density at radius 3 is 2.58 bits per heavy atom. The van der Waals surface area contributed by atoms with Gasteiger partial charge in [-0.25, -0.2) is 17.6 Å². The van der Waals surface area contributed by atoms with Crippen molar-refractivity contribution in [3.05, 3.63) is 53.8 Å². The first-order valence-corrected chi connectivity index (χ1v) is 9.33. The zero-order valence-corrected chi connectivity index (χ0v) is 14.5. The Kier molecular flexibility index (Phi) is 5.10. The third kappa shape index (κ3) is 4.12. The first-order chi connectivity index (χ1) is 12.3. The monoisotopic (exact) mass is 380 g/mol. The highest BCUT2D eigenvalue weighted by atomic mass is 32.2. The van der Waals surface area contributed by atoms with Crippen LogP contribution >= 0.6 is 0 Å². The van der Waals surface area contributed by atoms with E-state index in [-0.39, 0.29) is 16.1 Å². The molecule has 0 saturated carbocycles. The number of benzene rings is 2. The van der Waals surface area contributed by atoms with Gasteiger partial charge in [0.25, 0.3) is 10.0 Å². The number of rotatable bonds is 5. The summed E-state index contributed by atoms with van der Waals surface area (Å²) in [6.45, 7) is 2.19. The molecule has 1 aliphatic rings. The van der Waals surface area contributed by atoms with Crippen LogP contribution in [0.1, 0.15) is 10.4 Å². The molecule has 7 nitrogen and oxygen atoms in total. The molecule has 0 bridgehead atoms. The Balaban J connectivity index is 1.88. The lowest BCUT2D eigenvalue weighted by molar-refractivity contribution is 0.0696. The van der Waals surface area contributed by atoms with Crippen LogP contribution < -0.4 is 9.62 Å². The maximum atomic E-state index is 14.0. The van der Waals surface area contributed by atoms with Crippen LogP contribution in [0.25, 0.3) is 0 Å². The second kappa shape index (κ2) is 7.30. The van der Waals surface area contributed by atoms with E-state index in [0.29, 0.717) is 32.0 Å². The van der Waals surface area contributed by atoms with Gasteiger partial charge in [-0.15, -0.1) is 0 Å². The number of carbonyl (C=O) groups is 1. The molecule has 2 aromatic carbocycles. The SMILES string of the molecule is O=C(O)c1cccc(S(=O)(=O)Nc2cc(F)cc(N3CCOCC3)c2)c1. The van der Waals surface area contributed by atoms with Crippen molar-refractivity contribution in [2.24, 2.45) is 0 Å². The van der Waals surface area contributed by atoms with Gasteiger partial charge in [0, 0.05) is 18.8 Å². The molecule has 1 heterocycles. The molecule has 2 N–H and O–H groups in total. The Bertz CT molecular complexity index is 927. The third-order valence-electron chi connectivity index (χ3n) is 3.90. The predicted octanol–water partition coefficient (Wildman–Crippen LogP) is 2.16. The summed E-state index contributed by atoms with van der Waals surface area (Å²) in [7, 11) is -4.06. The highest BCUT2D eigenvalue weighted by molar-refractivity contribution is 7.92. The fourth-order valence-electron chi connectivity index (χ4n) is 2.65. The van der Waals surface area contributed by atoms with Gasteiger partial charge in [-0.1, -0.05) is 6.07 Å². The van der Waals surface area contributed by atoms with E-state index >= 15 is 0 Å². The van der Waals surface area contributed by atoms with Gasteiger partial charge in [0.15, 0.2) is 0 Å². The standard InChI is InChI=1S/C17H17FN2O5S/c18-13-9-14(11-15(10-13)20-4-6-25-7-5-20)19-26(23,24)16-3-1-2-12(8-16)17(21)22/h1-3,8-11,19H,4-7H2,(H,21,22). The summed E-state index contributed by atoms with van der Waals surface area (Å²) < 4.78 is 46.5. The molecule has 0 radical (unpaired) electrons. The molecule has 0 aromatic heterocycles. The van der Waals surface area contributed by atoms with E-state index in [1.807, 2.05) is 4.90 Å². The lowest BCUT2D eigenvalue weighted by atomic mass is 10.2. The normalized spacial score (nSPS) is 14.9. The van der Waals surface area contributed by atoms with Crippen molar-refractivity contribution >= 4 is 27.4 Å². The van der Waals surface area contributed by atoms with Gasteiger partial charge < -0.3 is 14.7 Å². The van der Waals surface area contributed by atoms with Gasteiger partial charge in [-0.05, 0) is 36.4 Å². The van der Waals surface area contributed by atoms with E-state index in [2.05, 4.69) is 4.72 Å². The summed E-state index contributed by atoms with van der Waals surface area (Å²) in [4.78, 5) is 12.7. The predicted molar refractivity (Wildman–Crippen MR) is 93.6 cm³/mol. The average Bonchev–Trinajstić information content (AvgIpc) is 2.61. The summed E-state index contributed by atoms with van der Waals surface area (Å²) in [5, 5.41) is 9.00. The van der Waals surface area contributed by atoms with Crippen molar-refractivity contribution in [2.75, 3.05) is 35.9 Å². The van der Waals surface area contributed by atoms with Crippen LogP contribution in [0.2, 0.25) is 0 Å². The number of carboxylic acid groups (broad SMARTS) is 1. The van der Waals surface area contributed by atoms with Gasteiger partial charge in [0.05, 0.1) is 29.4 Å². The molecule has 0 unspecified atom stereocenters. The number of nitrogens with one attached hydrogen (secondary N) is 1. The number of morpholine rings is 1. The minimum atomic E-state index is -4.06. The van der Waals surface area contributed by atoms with Gasteiger partial charge >= 0.3 is 5.97 Å². The van der Waals surface area contributed by atoms with Crippen molar-refractivity contribution in [2.45, 2.75) is 4.90 Å². The zero-order valence-electron chi connectivity index (χ0n) is 13.7. The van der Waals surface area contributed by atoms with Crippen molar-refractivity contribution in [1.82, 2.24) is 0 Å². The second-order valence-electron chi connectivity index (χ2n) is 5.74. The number of aromatic carboxylic acids is 1. The number of hydrogen-bond donors (Lipinski definition) is 2. The van der Waals surface area contributed by atoms with Crippen LogP contribution in [0.5, 0.6) is 0 Å². The number of ether oxygens (including phenoxy) is 1. The number of nitrogens with zero attached hydrogens (tertiary/aromatic N) is 1. The fourth-order valence-corrected chi connectivity index (χ4v) is 3.73. The Labute approximate surface area is 150 Å². The van der Waals surface area contributed by atoms with E-state index in [9.17, 15) is 17.6 Å². The maximum Gasteiger partial charge on any atom is 0.335 e. The van der Waals surface area contributed by atoms with Crippen LogP contribution in [0.4, 0.5) is 15.8 Å². The first-order valence-electron chi connectivity index (χ1n) is 7.85. The smallest absolute Gasteiger partial charge is 0.335 e. The van der Waals surface area contributed by atoms with E-state index in [0.717, 1.165) is 12.1 Å². The molecule has 2 aromatic rings. The Morgan fingerprint density at radius 1 is 1.15 bits per heavy atom. The molecular weight excluding hydrogens is 363 g/mol. The van der Waals surface area contributed by atoms with Crippen LogP contribution in [-0.2, 0) is 14.8 Å². The minimum absolute atomic E-state index is 0.0622. The lowest BCUT2D eigenvalue weighted by Crippen LogP contribution is -2.36. The second-order valence-corrected chi connectivity index (χ2v) is 7.42. The number of hydrogen-bond acceptors (Lipinski definition) is 5. The summed E-state index contributed by atoms with van der Waals surface area (Å²) in [5.74, 6) is -1.81. The first kappa shape index (κ1) is 18.2. The molecule has 0 aliphatic carbocycles. The average molecular weight is 380 g/mol. The highest BCUT2D eigenvalue weighted by Crippen LogP contribution is 2.25. The molecule has 1 saturated heterocycles. The largest absolute Gasteiger partial charge is 0.478 e. The number of sulfonamides is 1. The molecule has 1 aliphatic heterocycles. The highest BCUT2D eigenvalue weighted by Gasteiger charge is 2.18. The van der Waals surface area contributed by atoms with Gasteiger partial charge in [-0.2, -0.15) is 0 Å². The molecule has 1 fully saturated rings. The van der Waals surface area contributed by atoms with Crippen molar-refractivity contribution in [1.29, 1.82) is 0 Å². The van der Waals surface area contributed by atoms with Gasteiger partial charge in [0.2, 0.25) is 0 Å². The molecule has 26 heavy (non-hydrogen) atoms. The summed E-state index contributed by atoms with van der Waals surface area (Å²) in [6.07, 6.45) is 0. The molecule has 9 heteroatoms. The van der Waals surface area contributed by atoms with E-state index in [1.54, 1.807) is 0 Å². The topological polar surface area (TPSA) is 95.9 Å². The van der Waals surface area contributed by atoms with E-state index < -0.39 is 21.8 Å².